The molecule has 0 bridgehead atoms. The third kappa shape index (κ3) is 11.8. The van der Waals surface area contributed by atoms with Crippen LogP contribution in [0.15, 0.2) is 12.4 Å². The number of rotatable bonds is 9. The van der Waals surface area contributed by atoms with Crippen molar-refractivity contribution in [2.45, 2.75) is 26.7 Å². The SMILES string of the molecule is CCCN1C=CN(C)C1.CCOCCOCCC(=O)O. The van der Waals surface area contributed by atoms with Crippen molar-refractivity contribution < 1.29 is 19.4 Å². The Balaban J connectivity index is 0.000000367. The molecule has 0 saturated carbocycles. The summed E-state index contributed by atoms with van der Waals surface area (Å²) in [5, 5.41) is 8.20. The van der Waals surface area contributed by atoms with Gasteiger partial charge in [-0.1, -0.05) is 6.92 Å². The van der Waals surface area contributed by atoms with Gasteiger partial charge >= 0.3 is 5.97 Å². The number of hydrogen-bond acceptors (Lipinski definition) is 5. The van der Waals surface area contributed by atoms with Crippen molar-refractivity contribution in [3.05, 3.63) is 12.4 Å². The molecule has 1 aliphatic heterocycles. The third-order valence-corrected chi connectivity index (χ3v) is 2.48. The van der Waals surface area contributed by atoms with Gasteiger partial charge in [-0.2, -0.15) is 0 Å². The lowest BCUT2D eigenvalue weighted by Crippen LogP contribution is -2.22. The average Bonchev–Trinajstić information content (AvgIpc) is 2.80. The highest BCUT2D eigenvalue weighted by Crippen LogP contribution is 2.02. The topological polar surface area (TPSA) is 62.2 Å². The summed E-state index contributed by atoms with van der Waals surface area (Å²) in [4.78, 5) is 14.5. The van der Waals surface area contributed by atoms with Crippen molar-refractivity contribution in [1.29, 1.82) is 0 Å². The summed E-state index contributed by atoms with van der Waals surface area (Å²) in [6.07, 6.45) is 5.55. The molecule has 0 spiro atoms. The van der Waals surface area contributed by atoms with E-state index in [1.165, 1.54) is 13.0 Å². The van der Waals surface area contributed by atoms with E-state index in [2.05, 4.69) is 36.2 Å². The van der Waals surface area contributed by atoms with Gasteiger partial charge in [0.2, 0.25) is 0 Å². The summed E-state index contributed by atoms with van der Waals surface area (Å²) >= 11 is 0. The lowest BCUT2D eigenvalue weighted by Gasteiger charge is -2.16. The summed E-state index contributed by atoms with van der Waals surface area (Å²) in [7, 11) is 2.09. The van der Waals surface area contributed by atoms with Crippen LogP contribution < -0.4 is 0 Å². The molecule has 1 heterocycles. The molecule has 0 aromatic heterocycles. The van der Waals surface area contributed by atoms with E-state index < -0.39 is 5.97 Å². The van der Waals surface area contributed by atoms with Gasteiger partial charge in [0, 0.05) is 32.6 Å². The van der Waals surface area contributed by atoms with Gasteiger partial charge in [0.15, 0.2) is 0 Å². The van der Waals surface area contributed by atoms with Gasteiger partial charge in [0.1, 0.15) is 0 Å². The normalized spacial score (nSPS) is 13.3. The lowest BCUT2D eigenvalue weighted by atomic mass is 10.4. The Bertz CT molecular complexity index is 272. The second-order valence-electron chi connectivity index (χ2n) is 4.46. The highest BCUT2D eigenvalue weighted by molar-refractivity contribution is 5.66. The van der Waals surface area contributed by atoms with Crippen molar-refractivity contribution >= 4 is 5.97 Å². The van der Waals surface area contributed by atoms with Gasteiger partial charge in [-0.3, -0.25) is 4.79 Å². The van der Waals surface area contributed by atoms with Crippen LogP contribution in [0.25, 0.3) is 0 Å². The van der Waals surface area contributed by atoms with E-state index in [9.17, 15) is 4.79 Å². The second-order valence-corrected chi connectivity index (χ2v) is 4.46. The smallest absolute Gasteiger partial charge is 0.305 e. The van der Waals surface area contributed by atoms with E-state index in [4.69, 9.17) is 14.6 Å². The molecular weight excluding hydrogens is 260 g/mol. The highest BCUT2D eigenvalue weighted by atomic mass is 16.5. The largest absolute Gasteiger partial charge is 0.481 e. The minimum atomic E-state index is -0.832. The van der Waals surface area contributed by atoms with Crippen LogP contribution in [0.3, 0.4) is 0 Å². The highest BCUT2D eigenvalue weighted by Gasteiger charge is 2.04. The molecule has 6 nitrogen and oxygen atoms in total. The lowest BCUT2D eigenvalue weighted by molar-refractivity contribution is -0.138. The van der Waals surface area contributed by atoms with Crippen LogP contribution in [0.1, 0.15) is 26.7 Å². The van der Waals surface area contributed by atoms with Crippen LogP contribution in [-0.2, 0) is 14.3 Å². The molecule has 0 aromatic carbocycles. The van der Waals surface area contributed by atoms with E-state index in [1.807, 2.05) is 6.92 Å². The molecule has 0 amide bonds. The Kier molecular flexibility index (Phi) is 11.9. The van der Waals surface area contributed by atoms with E-state index in [1.54, 1.807) is 0 Å². The third-order valence-electron chi connectivity index (χ3n) is 2.48. The molecule has 20 heavy (non-hydrogen) atoms. The zero-order valence-electron chi connectivity index (χ0n) is 12.9. The summed E-state index contributed by atoms with van der Waals surface area (Å²) < 4.78 is 9.91. The van der Waals surface area contributed by atoms with Gasteiger partial charge in [0.25, 0.3) is 0 Å². The Morgan fingerprint density at radius 2 is 1.90 bits per heavy atom. The van der Waals surface area contributed by atoms with Gasteiger partial charge in [-0.05, 0) is 13.3 Å². The maximum Gasteiger partial charge on any atom is 0.305 e. The molecule has 0 aliphatic carbocycles. The zero-order valence-corrected chi connectivity index (χ0v) is 12.9. The quantitative estimate of drug-likeness (QED) is 0.650. The van der Waals surface area contributed by atoms with E-state index in [0.717, 1.165) is 6.67 Å². The first kappa shape index (κ1) is 18.7. The molecule has 0 fully saturated rings. The van der Waals surface area contributed by atoms with Gasteiger partial charge in [-0.25, -0.2) is 0 Å². The van der Waals surface area contributed by atoms with Crippen LogP contribution in [0.4, 0.5) is 0 Å². The number of carbonyl (C=O) groups is 1. The maximum atomic E-state index is 9.98. The predicted molar refractivity (Wildman–Crippen MR) is 78.3 cm³/mol. The fourth-order valence-corrected chi connectivity index (χ4v) is 1.55. The molecule has 0 unspecified atom stereocenters. The van der Waals surface area contributed by atoms with Crippen molar-refractivity contribution in [2.24, 2.45) is 0 Å². The molecule has 1 N–H and O–H groups in total. The van der Waals surface area contributed by atoms with Crippen molar-refractivity contribution in [3.8, 4) is 0 Å². The van der Waals surface area contributed by atoms with Crippen LogP contribution in [0.2, 0.25) is 0 Å². The zero-order chi connectivity index (χ0) is 15.2. The Morgan fingerprint density at radius 1 is 1.20 bits per heavy atom. The first-order valence-corrected chi connectivity index (χ1v) is 7.10. The molecule has 6 heteroatoms. The summed E-state index contributed by atoms with van der Waals surface area (Å²) in [6.45, 7) is 8.29. The molecular formula is C14H28N2O4. The molecule has 0 radical (unpaired) electrons. The summed E-state index contributed by atoms with van der Waals surface area (Å²) in [6, 6.07) is 0. The Labute approximate surface area is 121 Å². The number of aliphatic carboxylic acids is 1. The standard InChI is InChI=1S/C7H14N2.C7H14O4/c1-3-4-9-6-5-8(2)7-9;1-2-10-5-6-11-4-3-7(8)9/h5-6H,3-4,7H2,1-2H3;2-6H2,1H3,(H,8,9). The second kappa shape index (κ2) is 12.7. The first-order chi connectivity index (χ1) is 9.60. The fraction of sp³-hybridized carbons (Fsp3) is 0.786. The number of ether oxygens (including phenoxy) is 2. The van der Waals surface area contributed by atoms with Crippen molar-refractivity contribution in [3.63, 3.8) is 0 Å². The molecule has 118 valence electrons. The Morgan fingerprint density at radius 3 is 2.40 bits per heavy atom. The molecule has 0 atom stereocenters. The summed E-state index contributed by atoms with van der Waals surface area (Å²) in [5.41, 5.74) is 0. The molecule has 1 rings (SSSR count). The summed E-state index contributed by atoms with van der Waals surface area (Å²) in [5.74, 6) is -0.832. The maximum absolute atomic E-state index is 9.98. The van der Waals surface area contributed by atoms with Crippen LogP contribution in [0.5, 0.6) is 0 Å². The molecule has 0 aromatic rings. The van der Waals surface area contributed by atoms with E-state index in [0.29, 0.717) is 19.8 Å². The van der Waals surface area contributed by atoms with Crippen LogP contribution >= 0.6 is 0 Å². The van der Waals surface area contributed by atoms with Crippen molar-refractivity contribution in [2.75, 3.05) is 46.7 Å². The number of carboxylic acids is 1. The van der Waals surface area contributed by atoms with Crippen LogP contribution in [-0.4, -0.2) is 67.6 Å². The monoisotopic (exact) mass is 288 g/mol. The number of carboxylic acid groups (broad SMARTS) is 1. The van der Waals surface area contributed by atoms with E-state index >= 15 is 0 Å². The number of hydrogen-bond donors (Lipinski definition) is 1. The predicted octanol–water partition coefficient (Wildman–Crippen LogP) is 1.59. The van der Waals surface area contributed by atoms with Gasteiger partial charge in [0.05, 0.1) is 32.9 Å². The minimum Gasteiger partial charge on any atom is -0.481 e. The first-order valence-electron chi connectivity index (χ1n) is 7.10. The average molecular weight is 288 g/mol. The molecule has 1 aliphatic rings. The minimum absolute atomic E-state index is 0.0616. The van der Waals surface area contributed by atoms with Gasteiger partial charge in [-0.15, -0.1) is 0 Å². The van der Waals surface area contributed by atoms with Crippen LogP contribution in [0, 0.1) is 0 Å². The molecule has 0 saturated heterocycles. The fourth-order valence-electron chi connectivity index (χ4n) is 1.55. The Hall–Kier alpha value is -1.27. The van der Waals surface area contributed by atoms with Gasteiger partial charge < -0.3 is 24.4 Å². The van der Waals surface area contributed by atoms with Crippen molar-refractivity contribution in [1.82, 2.24) is 9.80 Å². The van der Waals surface area contributed by atoms with E-state index in [-0.39, 0.29) is 13.0 Å². The number of nitrogens with zero attached hydrogens (tertiary/aromatic N) is 2.